The molecule has 1 aromatic rings. The molecule has 2 saturated heterocycles. The Labute approximate surface area is 264 Å². The fourth-order valence-corrected chi connectivity index (χ4v) is 13.7. The lowest BCUT2D eigenvalue weighted by Gasteiger charge is -2.67. The van der Waals surface area contributed by atoms with E-state index in [1.807, 2.05) is 26.0 Å². The van der Waals surface area contributed by atoms with E-state index in [-0.39, 0.29) is 53.6 Å². The van der Waals surface area contributed by atoms with Gasteiger partial charge < -0.3 is 34.8 Å². The first-order valence-electron chi connectivity index (χ1n) is 17.4. The van der Waals surface area contributed by atoms with Gasteiger partial charge >= 0.3 is 0 Å². The second-order valence-electron chi connectivity index (χ2n) is 17.5. The number of aliphatic hydroxyl groups is 3. The molecule has 0 bridgehead atoms. The lowest BCUT2D eigenvalue weighted by molar-refractivity contribution is -0.293. The smallest absolute Gasteiger partial charge is 0.166 e. The molecule has 4 heterocycles. The van der Waals surface area contributed by atoms with Crippen molar-refractivity contribution in [1.82, 2.24) is 0 Å². The number of Topliss-reactive ketones (excluding diaryl/α,β-unsaturated/α-hetero) is 1. The molecule has 1 spiro atoms. The predicted molar refractivity (Wildman–Crippen MR) is 165 cm³/mol. The molecule has 6 fully saturated rings. The van der Waals surface area contributed by atoms with Crippen LogP contribution in [0.15, 0.2) is 24.3 Å². The Hall–Kier alpha value is -1.81. The summed E-state index contributed by atoms with van der Waals surface area (Å²) in [7, 11) is 0. The molecule has 8 heteroatoms. The topological polar surface area (TPSA) is 121 Å². The summed E-state index contributed by atoms with van der Waals surface area (Å²) in [5.41, 5.74) is -0.546. The van der Waals surface area contributed by atoms with Crippen molar-refractivity contribution in [2.75, 3.05) is 5.32 Å². The molecule has 4 aliphatic heterocycles. The number of fused-ring (bicyclic) bond motifs is 5. The summed E-state index contributed by atoms with van der Waals surface area (Å²) in [4.78, 5) is 13.8. The summed E-state index contributed by atoms with van der Waals surface area (Å²) < 4.78 is 20.4. The van der Waals surface area contributed by atoms with Crippen molar-refractivity contribution in [3.8, 4) is 0 Å². The number of carbonyl (C=O) groups is 1. The molecule has 16 atom stereocenters. The fraction of sp³-hybridized carbons (Fsp3) is 0.757. The van der Waals surface area contributed by atoms with E-state index in [4.69, 9.17) is 14.2 Å². The van der Waals surface area contributed by atoms with Gasteiger partial charge in [-0.1, -0.05) is 27.4 Å². The molecule has 1 aromatic carbocycles. The van der Waals surface area contributed by atoms with Crippen LogP contribution in [0.1, 0.15) is 101 Å². The number of hydrogen-bond donors (Lipinski definition) is 4. The molecule has 242 valence electrons. The maximum Gasteiger partial charge on any atom is 0.166 e. The van der Waals surface area contributed by atoms with Gasteiger partial charge in [0.15, 0.2) is 11.4 Å². The van der Waals surface area contributed by atoms with Gasteiger partial charge in [0, 0.05) is 57.4 Å². The van der Waals surface area contributed by atoms with E-state index in [9.17, 15) is 20.1 Å². The largest absolute Gasteiger partial charge is 0.387 e. The van der Waals surface area contributed by atoms with Crippen LogP contribution in [0.5, 0.6) is 0 Å². The van der Waals surface area contributed by atoms with Crippen LogP contribution in [0.4, 0.5) is 5.69 Å². The zero-order valence-electron chi connectivity index (χ0n) is 27.2. The van der Waals surface area contributed by atoms with Crippen LogP contribution in [0, 0.1) is 34.5 Å². The maximum absolute atomic E-state index is 13.8. The van der Waals surface area contributed by atoms with E-state index in [1.54, 1.807) is 0 Å². The zero-order valence-corrected chi connectivity index (χ0v) is 27.2. The number of aliphatic hydroxyl groups excluding tert-OH is 1. The number of epoxide rings is 1. The van der Waals surface area contributed by atoms with Gasteiger partial charge in [0.25, 0.3) is 0 Å². The average molecular weight is 618 g/mol. The fourth-order valence-electron chi connectivity index (χ4n) is 13.7. The molecular formula is C37H47NO7. The highest BCUT2D eigenvalue weighted by molar-refractivity contribution is 6.02. The Morgan fingerprint density at radius 1 is 1.07 bits per heavy atom. The minimum absolute atomic E-state index is 0.0667. The third kappa shape index (κ3) is 2.59. The molecule has 8 nitrogen and oxygen atoms in total. The quantitative estimate of drug-likeness (QED) is 0.274. The number of carbonyl (C=O) groups excluding carboxylic acids is 1. The Morgan fingerprint density at radius 3 is 2.56 bits per heavy atom. The summed E-state index contributed by atoms with van der Waals surface area (Å²) in [6.45, 7) is 16.8. The Balaban J connectivity index is 1.15. The molecule has 16 unspecified atom stereocenters. The predicted octanol–water partition coefficient (Wildman–Crippen LogP) is 4.20. The first-order chi connectivity index (χ1) is 21.1. The summed E-state index contributed by atoms with van der Waals surface area (Å²) in [6.07, 6.45) is 1.21. The Morgan fingerprint density at radius 2 is 1.82 bits per heavy atom. The summed E-state index contributed by atoms with van der Waals surface area (Å²) in [5.74, 6) is -0.255. The minimum atomic E-state index is -1.22. The second kappa shape index (κ2) is 7.74. The molecule has 5 aliphatic carbocycles. The highest BCUT2D eigenvalue weighted by Gasteiger charge is 2.88. The molecule has 0 amide bonds. The first-order valence-corrected chi connectivity index (χ1v) is 17.4. The van der Waals surface area contributed by atoms with E-state index in [1.165, 1.54) is 0 Å². The maximum atomic E-state index is 13.8. The summed E-state index contributed by atoms with van der Waals surface area (Å²) >= 11 is 0. The lowest BCUT2D eigenvalue weighted by atomic mass is 9.40. The third-order valence-corrected chi connectivity index (χ3v) is 16.0. The van der Waals surface area contributed by atoms with E-state index in [2.05, 4.69) is 39.6 Å². The number of benzene rings is 1. The molecular weight excluding hydrogens is 570 g/mol. The average Bonchev–Trinajstić information content (AvgIpc) is 3.56. The molecule has 10 rings (SSSR count). The Bertz CT molecular complexity index is 1620. The number of anilines is 1. The van der Waals surface area contributed by atoms with Gasteiger partial charge in [0.2, 0.25) is 0 Å². The van der Waals surface area contributed by atoms with E-state index in [0.717, 1.165) is 48.1 Å². The Kier molecular flexibility index (Phi) is 4.85. The van der Waals surface area contributed by atoms with Crippen molar-refractivity contribution in [1.29, 1.82) is 0 Å². The SMILES string of the molecule is C=C(C)C1OC2CCC3(C)C4(C)C(CCC3(O)C23OC3C1O)C1OC(C)(C)C2CC3C(C)C(=O)c5ccc6c(c5C32O)C1C4N6. The van der Waals surface area contributed by atoms with Gasteiger partial charge in [-0.3, -0.25) is 4.79 Å². The number of hydrogen-bond acceptors (Lipinski definition) is 8. The molecule has 0 aromatic heterocycles. The van der Waals surface area contributed by atoms with Gasteiger partial charge in [-0.2, -0.15) is 0 Å². The number of rotatable bonds is 1. The van der Waals surface area contributed by atoms with Crippen molar-refractivity contribution in [3.63, 3.8) is 0 Å². The lowest BCUT2D eigenvalue weighted by Crippen LogP contribution is -2.76. The van der Waals surface area contributed by atoms with Crippen LogP contribution in [0.2, 0.25) is 0 Å². The van der Waals surface area contributed by atoms with Crippen molar-refractivity contribution in [3.05, 3.63) is 41.0 Å². The zero-order chi connectivity index (χ0) is 31.6. The minimum Gasteiger partial charge on any atom is -0.387 e. The molecule has 45 heavy (non-hydrogen) atoms. The molecule has 4 N–H and O–H groups in total. The second-order valence-corrected chi connectivity index (χ2v) is 17.5. The van der Waals surface area contributed by atoms with Gasteiger partial charge in [-0.25, -0.2) is 0 Å². The van der Waals surface area contributed by atoms with Crippen LogP contribution in [-0.4, -0.2) is 74.5 Å². The van der Waals surface area contributed by atoms with E-state index in [0.29, 0.717) is 12.0 Å². The summed E-state index contributed by atoms with van der Waals surface area (Å²) in [6, 6.07) is 3.92. The number of nitrogens with one attached hydrogen (secondary N) is 1. The highest BCUT2D eigenvalue weighted by Crippen LogP contribution is 2.79. The van der Waals surface area contributed by atoms with Crippen molar-refractivity contribution >= 4 is 11.5 Å². The van der Waals surface area contributed by atoms with Crippen molar-refractivity contribution in [2.45, 2.75) is 139 Å². The standard InChI is InChI=1S/C37H47NO7/c1-15(2)28-27(40)31-37(45-31)22(43-28)11-12-33(6)34(7)18(10-13-35(33,37)41)29-24-23-20(38-30(24)34)9-8-17-25(23)36(42)19(16(3)26(17)39)14-21(36)32(4,5)44-29/h8-9,16,18-19,21-22,24,27-31,38,40-42H,1,10-14H2,2-7H3. The van der Waals surface area contributed by atoms with Crippen molar-refractivity contribution in [2.24, 2.45) is 34.5 Å². The molecule has 9 aliphatic rings. The van der Waals surface area contributed by atoms with Crippen LogP contribution >= 0.6 is 0 Å². The third-order valence-electron chi connectivity index (χ3n) is 16.0. The van der Waals surface area contributed by atoms with Gasteiger partial charge in [0.1, 0.15) is 23.9 Å². The van der Waals surface area contributed by atoms with Gasteiger partial charge in [0.05, 0.1) is 23.4 Å². The molecule has 0 radical (unpaired) electrons. The first kappa shape index (κ1) is 28.2. The van der Waals surface area contributed by atoms with E-state index >= 15 is 0 Å². The summed E-state index contributed by atoms with van der Waals surface area (Å²) in [5, 5.41) is 41.3. The van der Waals surface area contributed by atoms with Crippen molar-refractivity contribution < 1.29 is 34.3 Å². The van der Waals surface area contributed by atoms with Gasteiger partial charge in [-0.05, 0) is 82.1 Å². The van der Waals surface area contributed by atoms with Crippen LogP contribution in [0.25, 0.3) is 0 Å². The normalized spacial score (nSPS) is 58.3. The highest BCUT2D eigenvalue weighted by atomic mass is 16.7. The number of ether oxygens (including phenoxy) is 3. The van der Waals surface area contributed by atoms with Crippen LogP contribution < -0.4 is 5.32 Å². The monoisotopic (exact) mass is 617 g/mol. The van der Waals surface area contributed by atoms with E-state index < -0.39 is 51.5 Å². The van der Waals surface area contributed by atoms with Gasteiger partial charge in [-0.15, -0.1) is 0 Å². The van der Waals surface area contributed by atoms with Crippen LogP contribution in [0.3, 0.4) is 0 Å². The number of ketones is 1. The van der Waals surface area contributed by atoms with Crippen LogP contribution in [-0.2, 0) is 19.8 Å². The molecule has 4 saturated carbocycles.